The summed E-state index contributed by atoms with van der Waals surface area (Å²) in [5.41, 5.74) is 11.8. The molecule has 4 rings (SSSR count). The minimum absolute atomic E-state index is 0.253. The number of nitrogens with one attached hydrogen (secondary N) is 2. The van der Waals surface area contributed by atoms with Gasteiger partial charge in [0.2, 0.25) is 0 Å². The highest BCUT2D eigenvalue weighted by molar-refractivity contribution is 8.00. The number of nitrogens with two attached hydrogens (primary N) is 1. The molecule has 0 aliphatic carbocycles. The molecule has 31 heavy (non-hydrogen) atoms. The topological polar surface area (TPSA) is 121 Å². The average Bonchev–Trinajstić information content (AvgIpc) is 2.79. The Hall–Kier alpha value is -3.91. The fourth-order valence-electron chi connectivity index (χ4n) is 3.05. The number of aromatic nitrogens is 3. The van der Waals surface area contributed by atoms with Gasteiger partial charge < -0.3 is 21.0 Å². The standard InChI is InChI=1S/C23H20N6OS/c1-14-6-19(30)3-5-23(14)31-29-18-7-16(11-26-12-18)15-2-4-20-21(8-15)28-22(13-27-20)17(9-24)10-25/h2-13,24,29-30H,25H2,1H3/b17-10+,24-9?. The summed E-state index contributed by atoms with van der Waals surface area (Å²) in [6.07, 6.45) is 7.67. The highest BCUT2D eigenvalue weighted by Gasteiger charge is 2.07. The molecule has 0 aliphatic rings. The molecular formula is C23H20N6OS. The van der Waals surface area contributed by atoms with Gasteiger partial charge in [0.05, 0.1) is 34.8 Å². The van der Waals surface area contributed by atoms with Gasteiger partial charge in [-0.25, -0.2) is 4.98 Å². The Morgan fingerprint density at radius 2 is 1.94 bits per heavy atom. The third-order valence-electron chi connectivity index (χ3n) is 4.68. The van der Waals surface area contributed by atoms with Gasteiger partial charge in [0.1, 0.15) is 5.75 Å². The number of allylic oxidation sites excluding steroid dienone is 1. The summed E-state index contributed by atoms with van der Waals surface area (Å²) in [5, 5.41) is 17.0. The van der Waals surface area contributed by atoms with Crippen LogP contribution in [-0.2, 0) is 0 Å². The van der Waals surface area contributed by atoms with Crippen LogP contribution in [0.4, 0.5) is 5.69 Å². The minimum Gasteiger partial charge on any atom is -0.508 e. The van der Waals surface area contributed by atoms with Gasteiger partial charge in [-0.05, 0) is 66.4 Å². The number of phenolic OH excluding ortho intramolecular Hbond substituents is 1. The van der Waals surface area contributed by atoms with E-state index < -0.39 is 0 Å². The van der Waals surface area contributed by atoms with Crippen molar-refractivity contribution in [2.24, 2.45) is 5.73 Å². The molecule has 8 heteroatoms. The summed E-state index contributed by atoms with van der Waals surface area (Å²) in [4.78, 5) is 14.4. The Kier molecular flexibility index (Phi) is 5.81. The van der Waals surface area contributed by atoms with E-state index >= 15 is 0 Å². The smallest absolute Gasteiger partial charge is 0.115 e. The number of nitrogens with zero attached hydrogens (tertiary/aromatic N) is 3. The largest absolute Gasteiger partial charge is 0.508 e. The van der Waals surface area contributed by atoms with E-state index in [0.717, 1.165) is 39.0 Å². The van der Waals surface area contributed by atoms with Gasteiger partial charge in [-0.3, -0.25) is 9.97 Å². The molecule has 0 unspecified atom stereocenters. The number of hydrogen-bond donors (Lipinski definition) is 4. The minimum atomic E-state index is 0.253. The van der Waals surface area contributed by atoms with Crippen LogP contribution < -0.4 is 10.5 Å². The van der Waals surface area contributed by atoms with E-state index in [0.29, 0.717) is 16.8 Å². The van der Waals surface area contributed by atoms with E-state index in [-0.39, 0.29) is 5.75 Å². The number of rotatable bonds is 6. The summed E-state index contributed by atoms with van der Waals surface area (Å²) in [6, 6.07) is 13.1. The summed E-state index contributed by atoms with van der Waals surface area (Å²) in [6.45, 7) is 1.95. The molecule has 2 aromatic carbocycles. The molecule has 0 saturated heterocycles. The van der Waals surface area contributed by atoms with Crippen molar-refractivity contribution in [1.82, 2.24) is 15.0 Å². The van der Waals surface area contributed by atoms with Crippen molar-refractivity contribution >= 4 is 40.5 Å². The van der Waals surface area contributed by atoms with Crippen LogP contribution in [0.5, 0.6) is 5.75 Å². The van der Waals surface area contributed by atoms with Gasteiger partial charge >= 0.3 is 0 Å². The quantitative estimate of drug-likeness (QED) is 0.258. The van der Waals surface area contributed by atoms with E-state index in [1.54, 1.807) is 30.7 Å². The van der Waals surface area contributed by atoms with Crippen LogP contribution in [0.2, 0.25) is 0 Å². The third kappa shape index (κ3) is 4.49. The SMILES string of the molecule is Cc1cc(O)ccc1SNc1cncc(-c2ccc3ncc(/C(C=N)=C/N)nc3c2)c1. The van der Waals surface area contributed by atoms with Crippen molar-refractivity contribution in [2.45, 2.75) is 11.8 Å². The van der Waals surface area contributed by atoms with E-state index in [4.69, 9.17) is 11.1 Å². The molecule has 0 aliphatic heterocycles. The van der Waals surface area contributed by atoms with Gasteiger partial charge in [0.15, 0.2) is 0 Å². The van der Waals surface area contributed by atoms with Crippen molar-refractivity contribution in [2.75, 3.05) is 4.72 Å². The zero-order valence-corrected chi connectivity index (χ0v) is 17.5. The normalized spacial score (nSPS) is 11.5. The molecule has 2 aromatic heterocycles. The summed E-state index contributed by atoms with van der Waals surface area (Å²) >= 11 is 1.46. The number of benzene rings is 2. The second-order valence-electron chi connectivity index (χ2n) is 6.84. The van der Waals surface area contributed by atoms with Crippen molar-refractivity contribution in [3.05, 3.63) is 78.5 Å². The number of pyridine rings is 1. The highest BCUT2D eigenvalue weighted by atomic mass is 32.2. The first-order valence-corrected chi connectivity index (χ1v) is 10.3. The van der Waals surface area contributed by atoms with Crippen LogP contribution in [0.3, 0.4) is 0 Å². The monoisotopic (exact) mass is 428 g/mol. The zero-order chi connectivity index (χ0) is 21.8. The van der Waals surface area contributed by atoms with Crippen molar-refractivity contribution in [3.63, 3.8) is 0 Å². The number of anilines is 1. The fourth-order valence-corrected chi connectivity index (χ4v) is 3.75. The molecule has 154 valence electrons. The maximum absolute atomic E-state index is 9.57. The highest BCUT2D eigenvalue weighted by Crippen LogP contribution is 2.29. The second-order valence-corrected chi connectivity index (χ2v) is 7.69. The maximum Gasteiger partial charge on any atom is 0.115 e. The molecular weight excluding hydrogens is 408 g/mol. The number of fused-ring (bicyclic) bond motifs is 1. The molecule has 7 nitrogen and oxygen atoms in total. The lowest BCUT2D eigenvalue weighted by Crippen LogP contribution is -1.96. The molecule has 0 saturated carbocycles. The van der Waals surface area contributed by atoms with E-state index in [2.05, 4.69) is 19.7 Å². The van der Waals surface area contributed by atoms with Gasteiger partial charge in [-0.15, -0.1) is 0 Å². The molecule has 0 atom stereocenters. The lowest BCUT2D eigenvalue weighted by Gasteiger charge is -2.10. The van der Waals surface area contributed by atoms with Crippen molar-refractivity contribution in [3.8, 4) is 16.9 Å². The Balaban J connectivity index is 1.61. The van der Waals surface area contributed by atoms with Crippen LogP contribution in [0.1, 0.15) is 11.3 Å². The van der Waals surface area contributed by atoms with Crippen LogP contribution >= 0.6 is 11.9 Å². The summed E-state index contributed by atoms with van der Waals surface area (Å²) in [5.74, 6) is 0.253. The Labute approximate surface area is 183 Å². The first-order chi connectivity index (χ1) is 15.1. The van der Waals surface area contributed by atoms with Gasteiger partial charge in [-0.2, -0.15) is 0 Å². The predicted molar refractivity (Wildman–Crippen MR) is 126 cm³/mol. The summed E-state index contributed by atoms with van der Waals surface area (Å²) in [7, 11) is 0. The predicted octanol–water partition coefficient (Wildman–Crippen LogP) is 4.77. The third-order valence-corrected chi connectivity index (χ3v) is 5.70. The first kappa shape index (κ1) is 20.4. The fraction of sp³-hybridized carbons (Fsp3) is 0.0435. The molecule has 0 spiro atoms. The van der Waals surface area contributed by atoms with Gasteiger partial charge in [0, 0.05) is 34.6 Å². The summed E-state index contributed by atoms with van der Waals surface area (Å²) < 4.78 is 3.31. The Morgan fingerprint density at radius 1 is 1.06 bits per heavy atom. The average molecular weight is 429 g/mol. The number of aryl methyl sites for hydroxylation is 1. The molecule has 0 amide bonds. The molecule has 2 heterocycles. The van der Waals surface area contributed by atoms with Crippen LogP contribution in [0.15, 0.2) is 72.2 Å². The Morgan fingerprint density at radius 3 is 2.71 bits per heavy atom. The molecule has 0 radical (unpaired) electrons. The van der Waals surface area contributed by atoms with Gasteiger partial charge in [-0.1, -0.05) is 6.07 Å². The zero-order valence-electron chi connectivity index (χ0n) is 16.7. The van der Waals surface area contributed by atoms with E-state index in [9.17, 15) is 5.11 Å². The van der Waals surface area contributed by atoms with E-state index in [1.807, 2.05) is 37.3 Å². The van der Waals surface area contributed by atoms with Gasteiger partial charge in [0.25, 0.3) is 0 Å². The van der Waals surface area contributed by atoms with Crippen LogP contribution in [0.25, 0.3) is 27.7 Å². The first-order valence-electron chi connectivity index (χ1n) is 9.45. The molecule has 0 fully saturated rings. The lowest BCUT2D eigenvalue weighted by molar-refractivity contribution is 0.474. The number of hydrogen-bond acceptors (Lipinski definition) is 8. The maximum atomic E-state index is 9.57. The van der Waals surface area contributed by atoms with Crippen LogP contribution in [-0.4, -0.2) is 26.3 Å². The van der Waals surface area contributed by atoms with Crippen molar-refractivity contribution < 1.29 is 5.11 Å². The molecule has 0 bridgehead atoms. The molecule has 4 aromatic rings. The number of phenols is 1. The van der Waals surface area contributed by atoms with Crippen LogP contribution in [0, 0.1) is 12.3 Å². The van der Waals surface area contributed by atoms with Crippen molar-refractivity contribution in [1.29, 1.82) is 5.41 Å². The Bertz CT molecular complexity index is 1300. The lowest BCUT2D eigenvalue weighted by atomic mass is 10.1. The second kappa shape index (κ2) is 8.85. The number of aromatic hydroxyl groups is 1. The molecule has 5 N–H and O–H groups in total. The van der Waals surface area contributed by atoms with E-state index in [1.165, 1.54) is 18.1 Å².